The predicted molar refractivity (Wildman–Crippen MR) is 113 cm³/mol. The van der Waals surface area contributed by atoms with Gasteiger partial charge in [-0.3, -0.25) is 0 Å². The van der Waals surface area contributed by atoms with E-state index in [1.807, 2.05) is 38.8 Å². The number of rotatable bonds is 9. The van der Waals surface area contributed by atoms with Gasteiger partial charge in [-0.05, 0) is 25.2 Å². The van der Waals surface area contributed by atoms with E-state index in [0.29, 0.717) is 5.92 Å². The van der Waals surface area contributed by atoms with E-state index >= 15 is 0 Å². The van der Waals surface area contributed by atoms with Gasteiger partial charge in [-0.2, -0.15) is 0 Å². The van der Waals surface area contributed by atoms with Crippen LogP contribution in [0.15, 0.2) is 31.1 Å². The molecule has 0 amide bonds. The van der Waals surface area contributed by atoms with Crippen LogP contribution in [-0.4, -0.2) is 19.1 Å². The number of hydrogen-bond donors (Lipinski definition) is 0. The van der Waals surface area contributed by atoms with Crippen molar-refractivity contribution in [1.29, 1.82) is 0 Å². The quantitative estimate of drug-likeness (QED) is 0.475. The van der Waals surface area contributed by atoms with E-state index in [1.54, 1.807) is 0 Å². The zero-order valence-corrected chi connectivity index (χ0v) is 18.3. The van der Waals surface area contributed by atoms with Gasteiger partial charge in [-0.15, -0.1) is 0 Å². The average Bonchev–Trinajstić information content (AvgIpc) is 3.29. The highest BCUT2D eigenvalue weighted by Gasteiger charge is 2.06. The fourth-order valence-corrected chi connectivity index (χ4v) is 2.64. The summed E-state index contributed by atoms with van der Waals surface area (Å²) in [4.78, 5) is 8.34. The zero-order chi connectivity index (χ0) is 19.8. The number of aryl methyl sites for hydroxylation is 2. The van der Waals surface area contributed by atoms with Crippen molar-refractivity contribution in [2.24, 2.45) is 5.92 Å². The van der Waals surface area contributed by atoms with Crippen molar-refractivity contribution in [3.63, 3.8) is 0 Å². The summed E-state index contributed by atoms with van der Waals surface area (Å²) in [6.07, 6.45) is 16.1. The lowest BCUT2D eigenvalue weighted by atomic mass is 10.1. The van der Waals surface area contributed by atoms with Crippen LogP contribution >= 0.6 is 0 Å². The van der Waals surface area contributed by atoms with Crippen LogP contribution in [0.25, 0.3) is 0 Å². The van der Waals surface area contributed by atoms with Crippen LogP contribution in [0.3, 0.4) is 0 Å². The molecule has 0 aromatic carbocycles. The van der Waals surface area contributed by atoms with Crippen molar-refractivity contribution >= 4 is 0 Å². The summed E-state index contributed by atoms with van der Waals surface area (Å²) in [5.41, 5.74) is 0. The fraction of sp³-hybridized carbons (Fsp3) is 0.727. The number of unbranched alkanes of at least 4 members (excludes halogenated alkanes) is 2. The molecule has 2 rings (SSSR count). The fourth-order valence-electron chi connectivity index (χ4n) is 2.64. The molecule has 2 aromatic heterocycles. The van der Waals surface area contributed by atoms with Crippen LogP contribution in [0.1, 0.15) is 92.3 Å². The molecule has 0 aliphatic heterocycles. The molecule has 0 saturated heterocycles. The Morgan fingerprint density at radius 1 is 0.923 bits per heavy atom. The van der Waals surface area contributed by atoms with Crippen molar-refractivity contribution in [3.05, 3.63) is 36.9 Å². The molecule has 0 bridgehead atoms. The first-order valence-electron chi connectivity index (χ1n) is 10.5. The Bertz CT molecular complexity index is 512. The average molecular weight is 363 g/mol. The maximum absolute atomic E-state index is 4.38. The van der Waals surface area contributed by atoms with Gasteiger partial charge in [-0.1, -0.05) is 61.3 Å². The van der Waals surface area contributed by atoms with Gasteiger partial charge in [0.05, 0.1) is 6.33 Å². The summed E-state index contributed by atoms with van der Waals surface area (Å²) in [5, 5.41) is 0. The minimum Gasteiger partial charge on any atom is -0.337 e. The summed E-state index contributed by atoms with van der Waals surface area (Å²) >= 11 is 0. The highest BCUT2D eigenvalue weighted by molar-refractivity contribution is 4.97. The van der Waals surface area contributed by atoms with E-state index in [2.05, 4.69) is 59.9 Å². The van der Waals surface area contributed by atoms with Gasteiger partial charge in [0.1, 0.15) is 5.82 Å². The van der Waals surface area contributed by atoms with Gasteiger partial charge in [0.25, 0.3) is 0 Å². The van der Waals surface area contributed by atoms with E-state index in [0.717, 1.165) is 19.0 Å². The summed E-state index contributed by atoms with van der Waals surface area (Å²) in [6.45, 7) is 17.4. The summed E-state index contributed by atoms with van der Waals surface area (Å²) in [7, 11) is 0. The Morgan fingerprint density at radius 3 is 2.19 bits per heavy atom. The number of imidazole rings is 2. The molecule has 4 nitrogen and oxygen atoms in total. The summed E-state index contributed by atoms with van der Waals surface area (Å²) < 4.78 is 4.41. The van der Waals surface area contributed by atoms with Crippen molar-refractivity contribution in [2.45, 2.75) is 99.6 Å². The Morgan fingerprint density at radius 2 is 1.65 bits per heavy atom. The molecule has 4 heteroatoms. The molecular formula is C22H42N4. The molecule has 2 aromatic rings. The second kappa shape index (κ2) is 15.7. The molecule has 0 radical (unpaired) electrons. The molecule has 0 spiro atoms. The lowest BCUT2D eigenvalue weighted by Crippen LogP contribution is -2.05. The first-order valence-corrected chi connectivity index (χ1v) is 10.5. The van der Waals surface area contributed by atoms with Gasteiger partial charge in [0.2, 0.25) is 0 Å². The highest BCUT2D eigenvalue weighted by atomic mass is 15.1. The number of aromatic nitrogens is 4. The molecular weight excluding hydrogens is 320 g/mol. The molecule has 0 N–H and O–H groups in total. The van der Waals surface area contributed by atoms with Crippen LogP contribution < -0.4 is 0 Å². The minimum absolute atomic E-state index is 0.532. The van der Waals surface area contributed by atoms with E-state index in [1.165, 1.54) is 37.9 Å². The van der Waals surface area contributed by atoms with Crippen LogP contribution in [-0.2, 0) is 13.1 Å². The minimum atomic E-state index is 0.532. The smallest absolute Gasteiger partial charge is 0.111 e. The Hall–Kier alpha value is -1.58. The Kier molecular flexibility index (Phi) is 14.7. The lowest BCUT2D eigenvalue weighted by Gasteiger charge is -2.10. The van der Waals surface area contributed by atoms with Gasteiger partial charge in [0, 0.05) is 43.8 Å². The topological polar surface area (TPSA) is 35.6 Å². The monoisotopic (exact) mass is 362 g/mol. The first-order chi connectivity index (χ1) is 12.5. The molecule has 0 fully saturated rings. The van der Waals surface area contributed by atoms with E-state index < -0.39 is 0 Å². The summed E-state index contributed by atoms with van der Waals surface area (Å²) in [6, 6.07) is 0. The number of nitrogens with zero attached hydrogens (tertiary/aromatic N) is 4. The molecule has 0 atom stereocenters. The summed E-state index contributed by atoms with van der Waals surface area (Å²) in [5.74, 6) is 2.55. The van der Waals surface area contributed by atoms with Crippen molar-refractivity contribution in [1.82, 2.24) is 19.1 Å². The maximum Gasteiger partial charge on any atom is 0.111 e. The highest BCUT2D eigenvalue weighted by Crippen LogP contribution is 2.13. The van der Waals surface area contributed by atoms with E-state index in [-0.39, 0.29) is 0 Å². The van der Waals surface area contributed by atoms with Crippen LogP contribution in [0.5, 0.6) is 0 Å². The Labute approximate surface area is 162 Å². The molecule has 0 saturated carbocycles. The largest absolute Gasteiger partial charge is 0.337 e. The number of hydrogen-bond acceptors (Lipinski definition) is 2. The zero-order valence-electron chi connectivity index (χ0n) is 18.3. The third-order valence-corrected chi connectivity index (χ3v) is 4.02. The molecule has 0 unspecified atom stereocenters. The van der Waals surface area contributed by atoms with Gasteiger partial charge in [0.15, 0.2) is 0 Å². The Balaban J connectivity index is 0.000000458. The van der Waals surface area contributed by atoms with Crippen molar-refractivity contribution in [2.75, 3.05) is 0 Å². The molecule has 26 heavy (non-hydrogen) atoms. The first kappa shape index (κ1) is 24.4. The molecule has 150 valence electrons. The van der Waals surface area contributed by atoms with Crippen LogP contribution in [0.2, 0.25) is 0 Å². The van der Waals surface area contributed by atoms with Crippen LogP contribution in [0.4, 0.5) is 0 Å². The van der Waals surface area contributed by atoms with Gasteiger partial charge >= 0.3 is 0 Å². The normalized spacial score (nSPS) is 10.3. The second-order valence-electron chi connectivity index (χ2n) is 7.18. The standard InChI is InChI=1S/C12H22N2.C8H14N2.C2H6/c1-10(2)6-5-8-14-9-7-13-12(14)11(3)4;1-2-3-4-6-10-7-5-9-8-10;1-2/h7,9-11H,5-6,8H2,1-4H3;5,7-8H,2-4,6H2,1H3;1-2H3. The SMILES string of the molecule is CC.CC(C)CCCn1ccnc1C(C)C.CCCCCn1ccnc1. The lowest BCUT2D eigenvalue weighted by molar-refractivity contribution is 0.499. The van der Waals surface area contributed by atoms with E-state index in [4.69, 9.17) is 0 Å². The second-order valence-corrected chi connectivity index (χ2v) is 7.18. The molecule has 2 heterocycles. The van der Waals surface area contributed by atoms with Gasteiger partial charge < -0.3 is 9.13 Å². The maximum atomic E-state index is 4.38. The predicted octanol–water partition coefficient (Wildman–Crippen LogP) is 6.54. The van der Waals surface area contributed by atoms with Gasteiger partial charge in [-0.25, -0.2) is 9.97 Å². The molecule has 0 aliphatic carbocycles. The molecule has 0 aliphatic rings. The third kappa shape index (κ3) is 11.1. The van der Waals surface area contributed by atoms with E-state index in [9.17, 15) is 0 Å². The van der Waals surface area contributed by atoms with Crippen molar-refractivity contribution < 1.29 is 0 Å². The van der Waals surface area contributed by atoms with Crippen LogP contribution in [0, 0.1) is 5.92 Å². The van der Waals surface area contributed by atoms with Crippen molar-refractivity contribution in [3.8, 4) is 0 Å². The third-order valence-electron chi connectivity index (χ3n) is 4.02.